The fraction of sp³-hybridized carbons (Fsp3) is 0.100. The summed E-state index contributed by atoms with van der Waals surface area (Å²) in [6.07, 6.45) is 0.375. The lowest BCUT2D eigenvalue weighted by Crippen LogP contribution is -2.28. The van der Waals surface area contributed by atoms with E-state index in [4.69, 9.17) is 0 Å². The van der Waals surface area contributed by atoms with E-state index in [1.54, 1.807) is 23.5 Å². The second-order valence-corrected chi connectivity index (χ2v) is 10.9. The molecular formula is C30H24N4OS2. The molecule has 0 N–H and O–H groups in total. The predicted molar refractivity (Wildman–Crippen MR) is 151 cm³/mol. The standard InChI is InChI=1S/C30H24N4OS2/c1-21-15-17-22(18-16-21)29-31-32-30(33(29)23-9-3-2-4-10-23)36-20-19-28(35)34-24-11-5-7-13-26(24)37-27-14-8-6-12-25(27)34/h2-18H,19-20H2,1H3. The van der Waals surface area contributed by atoms with Gasteiger partial charge < -0.3 is 0 Å². The largest absolute Gasteiger partial charge is 0.279 e. The van der Waals surface area contributed by atoms with Crippen molar-refractivity contribution in [2.24, 2.45) is 0 Å². The van der Waals surface area contributed by atoms with Gasteiger partial charge in [0, 0.05) is 33.2 Å². The molecule has 0 saturated carbocycles. The fourth-order valence-corrected chi connectivity index (χ4v) is 6.31. The number of rotatable bonds is 6. The maximum Gasteiger partial charge on any atom is 0.232 e. The average Bonchev–Trinajstić information content (AvgIpc) is 3.36. The molecule has 6 rings (SSSR count). The first-order valence-electron chi connectivity index (χ1n) is 12.1. The molecule has 37 heavy (non-hydrogen) atoms. The number of hydrogen-bond acceptors (Lipinski definition) is 5. The lowest BCUT2D eigenvalue weighted by molar-refractivity contribution is -0.117. The van der Waals surface area contributed by atoms with E-state index < -0.39 is 0 Å². The Morgan fingerprint density at radius 2 is 1.41 bits per heavy atom. The molecule has 5 aromatic rings. The maximum absolute atomic E-state index is 13.6. The molecule has 0 atom stereocenters. The van der Waals surface area contributed by atoms with Gasteiger partial charge in [-0.3, -0.25) is 14.3 Å². The van der Waals surface area contributed by atoms with Crippen molar-refractivity contribution in [3.63, 3.8) is 0 Å². The lowest BCUT2D eigenvalue weighted by Gasteiger charge is -2.31. The van der Waals surface area contributed by atoms with Gasteiger partial charge in [-0.25, -0.2) is 0 Å². The quantitative estimate of drug-likeness (QED) is 0.216. The number of amides is 1. The number of aryl methyl sites for hydroxylation is 1. The van der Waals surface area contributed by atoms with Crippen molar-refractivity contribution in [3.05, 3.63) is 109 Å². The molecule has 0 radical (unpaired) electrons. The summed E-state index contributed by atoms with van der Waals surface area (Å²) in [7, 11) is 0. The number of nitrogens with zero attached hydrogens (tertiary/aromatic N) is 4. The molecule has 1 aromatic heterocycles. The van der Waals surface area contributed by atoms with E-state index >= 15 is 0 Å². The van der Waals surface area contributed by atoms with Crippen molar-refractivity contribution in [3.8, 4) is 17.1 Å². The van der Waals surface area contributed by atoms with Gasteiger partial charge in [-0.15, -0.1) is 10.2 Å². The summed E-state index contributed by atoms with van der Waals surface area (Å²) in [6.45, 7) is 2.07. The third-order valence-electron chi connectivity index (χ3n) is 6.19. The van der Waals surface area contributed by atoms with Crippen molar-refractivity contribution in [2.45, 2.75) is 28.3 Å². The van der Waals surface area contributed by atoms with Crippen LogP contribution >= 0.6 is 23.5 Å². The van der Waals surface area contributed by atoms with Crippen LogP contribution in [0, 0.1) is 6.92 Å². The minimum absolute atomic E-state index is 0.0669. The van der Waals surface area contributed by atoms with Crippen molar-refractivity contribution >= 4 is 40.8 Å². The Hall–Kier alpha value is -3.81. The summed E-state index contributed by atoms with van der Waals surface area (Å²) in [4.78, 5) is 17.6. The predicted octanol–water partition coefficient (Wildman–Crippen LogP) is 7.55. The van der Waals surface area contributed by atoms with E-state index in [2.05, 4.69) is 70.2 Å². The number of carbonyl (C=O) groups excluding carboxylic acids is 1. The Labute approximate surface area is 224 Å². The van der Waals surface area contributed by atoms with Crippen LogP contribution < -0.4 is 4.90 Å². The first-order valence-corrected chi connectivity index (χ1v) is 13.9. The van der Waals surface area contributed by atoms with Crippen LogP contribution in [0.4, 0.5) is 11.4 Å². The maximum atomic E-state index is 13.6. The molecular weight excluding hydrogens is 496 g/mol. The van der Waals surface area contributed by atoms with Crippen molar-refractivity contribution in [1.29, 1.82) is 0 Å². The molecule has 0 saturated heterocycles. The van der Waals surface area contributed by atoms with Crippen molar-refractivity contribution < 1.29 is 4.79 Å². The molecule has 5 nitrogen and oxygen atoms in total. The van der Waals surface area contributed by atoms with Gasteiger partial charge >= 0.3 is 0 Å². The van der Waals surface area contributed by atoms with Gasteiger partial charge in [-0.1, -0.05) is 95.8 Å². The summed E-state index contributed by atoms with van der Waals surface area (Å²) < 4.78 is 2.07. The number of anilines is 2. The van der Waals surface area contributed by atoms with Gasteiger partial charge in [-0.2, -0.15) is 0 Å². The number of thioether (sulfide) groups is 1. The van der Waals surface area contributed by atoms with Crippen LogP contribution in [-0.4, -0.2) is 26.4 Å². The van der Waals surface area contributed by atoms with Crippen LogP contribution in [0.2, 0.25) is 0 Å². The van der Waals surface area contributed by atoms with Crippen LogP contribution in [0.25, 0.3) is 17.1 Å². The summed E-state index contributed by atoms with van der Waals surface area (Å²) in [5.41, 5.74) is 5.07. The monoisotopic (exact) mass is 520 g/mol. The summed E-state index contributed by atoms with van der Waals surface area (Å²) in [6, 6.07) is 34.6. The molecule has 0 aliphatic carbocycles. The summed E-state index contributed by atoms with van der Waals surface area (Å²) in [5.74, 6) is 1.44. The average molecular weight is 521 g/mol. The van der Waals surface area contributed by atoms with Gasteiger partial charge in [0.05, 0.1) is 11.4 Å². The zero-order valence-electron chi connectivity index (χ0n) is 20.2. The molecule has 182 valence electrons. The number of aromatic nitrogens is 3. The number of hydrogen-bond donors (Lipinski definition) is 0. The topological polar surface area (TPSA) is 51.0 Å². The van der Waals surface area contributed by atoms with Crippen LogP contribution in [0.3, 0.4) is 0 Å². The highest BCUT2D eigenvalue weighted by Crippen LogP contribution is 2.48. The molecule has 1 aliphatic rings. The highest BCUT2D eigenvalue weighted by atomic mass is 32.2. The third-order valence-corrected chi connectivity index (χ3v) is 8.25. The molecule has 2 heterocycles. The lowest BCUT2D eigenvalue weighted by atomic mass is 10.1. The summed E-state index contributed by atoms with van der Waals surface area (Å²) in [5, 5.41) is 9.82. The zero-order chi connectivity index (χ0) is 25.2. The van der Waals surface area contributed by atoms with E-state index in [0.717, 1.165) is 43.4 Å². The van der Waals surface area contributed by atoms with Crippen LogP contribution in [-0.2, 0) is 4.79 Å². The molecule has 1 aliphatic heterocycles. The minimum atomic E-state index is 0.0669. The van der Waals surface area contributed by atoms with Gasteiger partial charge in [-0.05, 0) is 43.3 Å². The van der Waals surface area contributed by atoms with Gasteiger partial charge in [0.1, 0.15) is 0 Å². The molecule has 7 heteroatoms. The second kappa shape index (κ2) is 10.3. The third kappa shape index (κ3) is 4.68. The Balaban J connectivity index is 1.26. The normalized spacial score (nSPS) is 12.2. The summed E-state index contributed by atoms with van der Waals surface area (Å²) >= 11 is 3.26. The minimum Gasteiger partial charge on any atom is -0.279 e. The van der Waals surface area contributed by atoms with Gasteiger partial charge in [0.2, 0.25) is 5.91 Å². The van der Waals surface area contributed by atoms with Crippen LogP contribution in [0.15, 0.2) is 118 Å². The number of benzene rings is 4. The zero-order valence-corrected chi connectivity index (χ0v) is 21.9. The molecule has 4 aromatic carbocycles. The molecule has 0 bridgehead atoms. The Kier molecular flexibility index (Phi) is 6.55. The van der Waals surface area contributed by atoms with E-state index in [-0.39, 0.29) is 5.91 Å². The van der Waals surface area contributed by atoms with Crippen molar-refractivity contribution in [2.75, 3.05) is 10.7 Å². The smallest absolute Gasteiger partial charge is 0.232 e. The highest BCUT2D eigenvalue weighted by molar-refractivity contribution is 7.99. The first kappa shape index (κ1) is 23.6. The van der Waals surface area contributed by atoms with E-state index in [0.29, 0.717) is 12.2 Å². The number of para-hydroxylation sites is 3. The Bertz CT molecular complexity index is 1520. The van der Waals surface area contributed by atoms with E-state index in [1.807, 2.05) is 59.5 Å². The fourth-order valence-electron chi connectivity index (χ4n) is 4.38. The first-order chi connectivity index (χ1) is 18.2. The molecule has 0 fully saturated rings. The van der Waals surface area contributed by atoms with Crippen LogP contribution in [0.5, 0.6) is 0 Å². The van der Waals surface area contributed by atoms with E-state index in [9.17, 15) is 4.79 Å². The Morgan fingerprint density at radius 1 is 0.784 bits per heavy atom. The SMILES string of the molecule is Cc1ccc(-c2nnc(SCCC(=O)N3c4ccccc4Sc4ccccc43)n2-c2ccccc2)cc1. The molecule has 0 spiro atoms. The van der Waals surface area contributed by atoms with Gasteiger partial charge in [0.15, 0.2) is 11.0 Å². The van der Waals surface area contributed by atoms with Crippen molar-refractivity contribution in [1.82, 2.24) is 14.8 Å². The highest BCUT2D eigenvalue weighted by Gasteiger charge is 2.27. The second-order valence-electron chi connectivity index (χ2n) is 8.71. The number of carbonyl (C=O) groups is 1. The molecule has 1 amide bonds. The number of fused-ring (bicyclic) bond motifs is 2. The van der Waals surface area contributed by atoms with Crippen LogP contribution in [0.1, 0.15) is 12.0 Å². The Morgan fingerprint density at radius 3 is 2.08 bits per heavy atom. The van der Waals surface area contributed by atoms with E-state index in [1.165, 1.54) is 5.56 Å². The molecule has 0 unspecified atom stereocenters. The van der Waals surface area contributed by atoms with Gasteiger partial charge in [0.25, 0.3) is 0 Å².